The normalized spacial score (nSPS) is 24.2. The fourth-order valence-corrected chi connectivity index (χ4v) is 2.77. The first-order valence-electron chi connectivity index (χ1n) is 6.78. The van der Waals surface area contributed by atoms with Gasteiger partial charge in [0.25, 0.3) is 0 Å². The average molecular weight is 242 g/mol. The molecule has 3 rings (SSSR count). The molecule has 0 unspecified atom stereocenters. The lowest BCUT2D eigenvalue weighted by molar-refractivity contribution is 0.1000. The van der Waals surface area contributed by atoms with Crippen LogP contribution in [0.3, 0.4) is 0 Å². The molecule has 3 heteroatoms. The van der Waals surface area contributed by atoms with Gasteiger partial charge in [-0.05, 0) is 25.0 Å². The Labute approximate surface area is 107 Å². The smallest absolute Gasteiger partial charge is 0.192 e. The molecule has 1 aromatic carbocycles. The van der Waals surface area contributed by atoms with Gasteiger partial charge in [0, 0.05) is 23.5 Å². The number of carbonyl (C=O) groups is 1. The number of nitrogens with one attached hydrogen (secondary N) is 1. The molecular formula is C15H18N2O. The third-order valence-electron chi connectivity index (χ3n) is 3.81. The van der Waals surface area contributed by atoms with Crippen LogP contribution in [0.5, 0.6) is 0 Å². The monoisotopic (exact) mass is 242 g/mol. The van der Waals surface area contributed by atoms with E-state index in [4.69, 9.17) is 0 Å². The van der Waals surface area contributed by atoms with Crippen molar-refractivity contribution in [1.29, 1.82) is 0 Å². The van der Waals surface area contributed by atoms with Crippen LogP contribution in [0.2, 0.25) is 0 Å². The molecule has 0 spiro atoms. The molecule has 1 N–H and O–H groups in total. The first-order valence-corrected chi connectivity index (χ1v) is 6.78. The van der Waals surface area contributed by atoms with Crippen LogP contribution in [0.25, 0.3) is 0 Å². The number of fused-ring (bicyclic) bond motifs is 1. The van der Waals surface area contributed by atoms with Crippen LogP contribution in [-0.2, 0) is 0 Å². The number of benzene rings is 1. The predicted octanol–water partition coefficient (Wildman–Crippen LogP) is 3.07. The van der Waals surface area contributed by atoms with Gasteiger partial charge in [0.15, 0.2) is 5.78 Å². The van der Waals surface area contributed by atoms with Gasteiger partial charge in [-0.1, -0.05) is 31.4 Å². The molecule has 1 fully saturated rings. The van der Waals surface area contributed by atoms with Crippen molar-refractivity contribution in [2.24, 2.45) is 4.99 Å². The Bertz CT molecular complexity index is 475. The number of hydrogen-bond donors (Lipinski definition) is 1. The highest BCUT2D eigenvalue weighted by atomic mass is 16.1. The zero-order chi connectivity index (χ0) is 12.4. The highest BCUT2D eigenvalue weighted by Gasteiger charge is 2.28. The number of anilines is 1. The summed E-state index contributed by atoms with van der Waals surface area (Å²) in [6.07, 6.45) is 8.04. The number of nitrogens with zero attached hydrogens (tertiary/aromatic N) is 1. The van der Waals surface area contributed by atoms with Gasteiger partial charge in [0.05, 0.1) is 0 Å². The van der Waals surface area contributed by atoms with E-state index in [9.17, 15) is 4.79 Å². The molecule has 94 valence electrons. The SMILES string of the molecule is O=C1c2ccccc2N[C@@H]1C=NC1CCCCC1. The summed E-state index contributed by atoms with van der Waals surface area (Å²) < 4.78 is 0. The van der Waals surface area contributed by atoms with Crippen LogP contribution in [0.15, 0.2) is 29.3 Å². The molecule has 0 saturated heterocycles. The van der Waals surface area contributed by atoms with E-state index in [0.717, 1.165) is 11.3 Å². The second kappa shape index (κ2) is 4.92. The summed E-state index contributed by atoms with van der Waals surface area (Å²) in [6.45, 7) is 0. The van der Waals surface area contributed by atoms with Crippen molar-refractivity contribution in [3.63, 3.8) is 0 Å². The van der Waals surface area contributed by atoms with E-state index in [2.05, 4.69) is 10.3 Å². The van der Waals surface area contributed by atoms with Gasteiger partial charge < -0.3 is 5.32 Å². The molecule has 0 bridgehead atoms. The number of aliphatic imine (C=N–C) groups is 1. The Balaban J connectivity index is 1.69. The molecule has 1 heterocycles. The molecule has 1 atom stereocenters. The van der Waals surface area contributed by atoms with Crippen molar-refractivity contribution >= 4 is 17.7 Å². The van der Waals surface area contributed by atoms with Gasteiger partial charge in [-0.15, -0.1) is 0 Å². The van der Waals surface area contributed by atoms with Gasteiger partial charge in [0.1, 0.15) is 6.04 Å². The van der Waals surface area contributed by atoms with Crippen molar-refractivity contribution in [2.75, 3.05) is 5.32 Å². The van der Waals surface area contributed by atoms with Crippen molar-refractivity contribution < 1.29 is 4.79 Å². The van der Waals surface area contributed by atoms with Crippen molar-refractivity contribution in [1.82, 2.24) is 0 Å². The molecule has 0 amide bonds. The van der Waals surface area contributed by atoms with Gasteiger partial charge in [-0.25, -0.2) is 0 Å². The molecule has 0 aromatic heterocycles. The molecule has 1 saturated carbocycles. The van der Waals surface area contributed by atoms with E-state index in [-0.39, 0.29) is 11.8 Å². The Morgan fingerprint density at radius 2 is 1.94 bits per heavy atom. The van der Waals surface area contributed by atoms with E-state index in [1.807, 2.05) is 30.5 Å². The van der Waals surface area contributed by atoms with E-state index in [0.29, 0.717) is 6.04 Å². The molecule has 2 aliphatic rings. The van der Waals surface area contributed by atoms with E-state index in [1.165, 1.54) is 32.1 Å². The first kappa shape index (κ1) is 11.5. The zero-order valence-corrected chi connectivity index (χ0v) is 10.4. The Kier molecular flexibility index (Phi) is 3.13. The predicted molar refractivity (Wildman–Crippen MR) is 73.5 cm³/mol. The quantitative estimate of drug-likeness (QED) is 0.810. The summed E-state index contributed by atoms with van der Waals surface area (Å²) >= 11 is 0. The summed E-state index contributed by atoms with van der Waals surface area (Å²) in [5.41, 5.74) is 1.72. The second-order valence-corrected chi connectivity index (χ2v) is 5.12. The van der Waals surface area contributed by atoms with Crippen LogP contribution >= 0.6 is 0 Å². The maximum Gasteiger partial charge on any atom is 0.192 e. The number of carbonyl (C=O) groups excluding carboxylic acids is 1. The minimum Gasteiger partial charge on any atom is -0.370 e. The Morgan fingerprint density at radius 1 is 1.17 bits per heavy atom. The number of rotatable bonds is 2. The van der Waals surface area contributed by atoms with Crippen LogP contribution in [0, 0.1) is 0 Å². The molecular weight excluding hydrogens is 224 g/mol. The topological polar surface area (TPSA) is 41.5 Å². The fraction of sp³-hybridized carbons (Fsp3) is 0.467. The van der Waals surface area contributed by atoms with Crippen LogP contribution in [0.4, 0.5) is 5.69 Å². The zero-order valence-electron chi connectivity index (χ0n) is 10.4. The van der Waals surface area contributed by atoms with Crippen LogP contribution in [-0.4, -0.2) is 24.1 Å². The largest absolute Gasteiger partial charge is 0.370 e. The summed E-state index contributed by atoms with van der Waals surface area (Å²) in [5, 5.41) is 3.22. The van der Waals surface area contributed by atoms with Gasteiger partial charge in [-0.2, -0.15) is 0 Å². The van der Waals surface area contributed by atoms with Crippen molar-refractivity contribution in [2.45, 2.75) is 44.2 Å². The number of Topliss-reactive ketones (excluding diaryl/α,β-unsaturated/α-hetero) is 1. The molecule has 1 aliphatic carbocycles. The maximum absolute atomic E-state index is 12.1. The summed E-state index contributed by atoms with van der Waals surface area (Å²) in [7, 11) is 0. The van der Waals surface area contributed by atoms with Gasteiger partial charge in [-0.3, -0.25) is 9.79 Å². The molecule has 3 nitrogen and oxygen atoms in total. The molecule has 1 aromatic rings. The lowest BCUT2D eigenvalue weighted by Crippen LogP contribution is -2.25. The average Bonchev–Trinajstić information content (AvgIpc) is 2.75. The maximum atomic E-state index is 12.1. The lowest BCUT2D eigenvalue weighted by Gasteiger charge is -2.17. The van der Waals surface area contributed by atoms with Crippen LogP contribution < -0.4 is 5.32 Å². The third kappa shape index (κ3) is 2.17. The minimum atomic E-state index is -0.260. The molecule has 1 aliphatic heterocycles. The van der Waals surface area contributed by atoms with Gasteiger partial charge >= 0.3 is 0 Å². The number of para-hydroxylation sites is 1. The summed E-state index contributed by atoms with van der Waals surface area (Å²) in [6, 6.07) is 7.83. The molecule has 0 radical (unpaired) electrons. The third-order valence-corrected chi connectivity index (χ3v) is 3.81. The minimum absolute atomic E-state index is 0.144. The number of ketones is 1. The highest BCUT2D eigenvalue weighted by molar-refractivity contribution is 6.18. The van der Waals surface area contributed by atoms with E-state index in [1.54, 1.807) is 0 Å². The number of hydrogen-bond acceptors (Lipinski definition) is 3. The fourth-order valence-electron chi connectivity index (χ4n) is 2.77. The van der Waals surface area contributed by atoms with E-state index >= 15 is 0 Å². The first-order chi connectivity index (χ1) is 8.84. The standard InChI is InChI=1S/C15H18N2O/c18-15-12-8-4-5-9-13(12)17-14(15)10-16-11-6-2-1-3-7-11/h4-5,8-11,14,17H,1-3,6-7H2/t14-/m1/s1. The summed E-state index contributed by atoms with van der Waals surface area (Å²) in [4.78, 5) is 16.7. The van der Waals surface area contributed by atoms with Crippen molar-refractivity contribution in [3.8, 4) is 0 Å². The second-order valence-electron chi connectivity index (χ2n) is 5.12. The van der Waals surface area contributed by atoms with E-state index < -0.39 is 0 Å². The van der Waals surface area contributed by atoms with Gasteiger partial charge in [0.2, 0.25) is 0 Å². The van der Waals surface area contributed by atoms with Crippen molar-refractivity contribution in [3.05, 3.63) is 29.8 Å². The Hall–Kier alpha value is -1.64. The Morgan fingerprint density at radius 3 is 2.72 bits per heavy atom. The highest BCUT2D eigenvalue weighted by Crippen LogP contribution is 2.25. The lowest BCUT2D eigenvalue weighted by atomic mass is 9.96. The molecule has 18 heavy (non-hydrogen) atoms. The summed E-state index contributed by atoms with van der Waals surface area (Å²) in [5.74, 6) is 0.144. The van der Waals surface area contributed by atoms with Crippen LogP contribution in [0.1, 0.15) is 42.5 Å².